The molecule has 1 aliphatic rings. The van der Waals surface area contributed by atoms with Gasteiger partial charge in [0.2, 0.25) is 5.91 Å². The Morgan fingerprint density at radius 2 is 2.19 bits per heavy atom. The molecule has 2 heterocycles. The third-order valence-electron chi connectivity index (χ3n) is 4.68. The Bertz CT molecular complexity index is 1150. The zero-order valence-electron chi connectivity index (χ0n) is 16.7. The molecule has 2 N–H and O–H groups in total. The van der Waals surface area contributed by atoms with Gasteiger partial charge in [-0.05, 0) is 37.3 Å². The van der Waals surface area contributed by atoms with Gasteiger partial charge in [0.05, 0.1) is 29.4 Å². The summed E-state index contributed by atoms with van der Waals surface area (Å²) < 4.78 is 24.9. The molecule has 2 aromatic carbocycles. The largest absolute Gasteiger partial charge is 0.486 e. The number of allylic oxidation sites excluding steroid dienone is 1. The normalized spacial score (nSPS) is 16.0. The van der Waals surface area contributed by atoms with E-state index in [9.17, 15) is 9.18 Å². The average Bonchev–Trinajstić information content (AvgIpc) is 3.25. The van der Waals surface area contributed by atoms with Crippen molar-refractivity contribution in [1.82, 2.24) is 9.97 Å². The summed E-state index contributed by atoms with van der Waals surface area (Å²) in [5, 5.41) is 6.61. The van der Waals surface area contributed by atoms with Crippen molar-refractivity contribution in [1.29, 1.82) is 0 Å². The Hall–Kier alpha value is -3.23. The molecule has 0 radical (unpaired) electrons. The highest BCUT2D eigenvalue weighted by Gasteiger charge is 2.20. The molecule has 31 heavy (non-hydrogen) atoms. The van der Waals surface area contributed by atoms with Crippen LogP contribution in [0.3, 0.4) is 0 Å². The average molecular weight is 443 g/mol. The molecule has 9 heteroatoms. The summed E-state index contributed by atoms with van der Waals surface area (Å²) in [6.45, 7) is 2.88. The Labute approximate surface area is 183 Å². The third-order valence-corrected chi connectivity index (χ3v) is 4.97. The second-order valence-corrected chi connectivity index (χ2v) is 7.34. The van der Waals surface area contributed by atoms with E-state index >= 15 is 0 Å². The molecule has 7 nitrogen and oxygen atoms in total. The predicted octanol–water partition coefficient (Wildman–Crippen LogP) is 4.85. The molecule has 1 atom stereocenters. The van der Waals surface area contributed by atoms with Gasteiger partial charge in [-0.1, -0.05) is 17.7 Å². The molecule has 1 unspecified atom stereocenters. The maximum Gasteiger partial charge on any atom is 0.248 e. The number of ether oxygens (including phenoxy) is 2. The number of hydrogen-bond donors (Lipinski definition) is 2. The summed E-state index contributed by atoms with van der Waals surface area (Å²) >= 11 is 5.88. The molecule has 0 saturated carbocycles. The number of aromatic nitrogens is 2. The Morgan fingerprint density at radius 1 is 1.32 bits per heavy atom. The van der Waals surface area contributed by atoms with Gasteiger partial charge in [-0.3, -0.25) is 4.79 Å². The van der Waals surface area contributed by atoms with Crippen LogP contribution < -0.4 is 15.4 Å². The topological polar surface area (TPSA) is 85.4 Å². The van der Waals surface area contributed by atoms with Gasteiger partial charge in [0.25, 0.3) is 0 Å². The number of carbonyl (C=O) groups excluding carboxylic acids is 1. The van der Waals surface area contributed by atoms with Crippen LogP contribution >= 0.6 is 11.6 Å². The maximum atomic E-state index is 13.5. The summed E-state index contributed by atoms with van der Waals surface area (Å²) in [5.41, 5.74) is 1.66. The van der Waals surface area contributed by atoms with Crippen molar-refractivity contribution in [3.63, 3.8) is 0 Å². The van der Waals surface area contributed by atoms with E-state index in [1.54, 1.807) is 31.2 Å². The van der Waals surface area contributed by atoms with E-state index in [0.29, 0.717) is 47.1 Å². The first-order chi connectivity index (χ1) is 15.0. The van der Waals surface area contributed by atoms with E-state index in [1.165, 1.54) is 24.5 Å². The highest BCUT2D eigenvalue weighted by atomic mass is 35.5. The molecular formula is C22H20ClFN4O3. The van der Waals surface area contributed by atoms with Crippen molar-refractivity contribution in [3.05, 3.63) is 59.7 Å². The van der Waals surface area contributed by atoms with Gasteiger partial charge in [-0.15, -0.1) is 0 Å². The summed E-state index contributed by atoms with van der Waals surface area (Å²) in [4.78, 5) is 20.8. The molecular weight excluding hydrogens is 423 g/mol. The van der Waals surface area contributed by atoms with Crippen molar-refractivity contribution >= 4 is 45.6 Å². The number of hydrogen-bond acceptors (Lipinski definition) is 6. The first-order valence-electron chi connectivity index (χ1n) is 9.72. The van der Waals surface area contributed by atoms with E-state index in [2.05, 4.69) is 20.6 Å². The second kappa shape index (κ2) is 9.28. The van der Waals surface area contributed by atoms with Crippen LogP contribution in [-0.2, 0) is 9.53 Å². The van der Waals surface area contributed by atoms with Gasteiger partial charge in [-0.2, -0.15) is 0 Å². The molecule has 0 spiro atoms. The lowest BCUT2D eigenvalue weighted by atomic mass is 10.1. The quantitative estimate of drug-likeness (QED) is 0.531. The number of nitrogens with zero attached hydrogens (tertiary/aromatic N) is 2. The van der Waals surface area contributed by atoms with Crippen LogP contribution in [0.25, 0.3) is 10.9 Å². The van der Waals surface area contributed by atoms with Crippen molar-refractivity contribution in [2.24, 2.45) is 0 Å². The fourth-order valence-corrected chi connectivity index (χ4v) is 3.38. The number of nitrogens with one attached hydrogen (secondary N) is 2. The number of amides is 1. The number of anilines is 3. The number of carbonyl (C=O) groups is 1. The number of benzene rings is 2. The molecule has 1 aromatic heterocycles. The van der Waals surface area contributed by atoms with Crippen LogP contribution in [-0.4, -0.2) is 35.2 Å². The molecule has 1 aliphatic heterocycles. The van der Waals surface area contributed by atoms with Crippen LogP contribution in [0.2, 0.25) is 5.02 Å². The Morgan fingerprint density at radius 3 is 2.94 bits per heavy atom. The van der Waals surface area contributed by atoms with Gasteiger partial charge in [0.1, 0.15) is 29.8 Å². The highest BCUT2D eigenvalue weighted by Crippen LogP contribution is 2.35. The minimum absolute atomic E-state index is 0.00265. The van der Waals surface area contributed by atoms with Crippen molar-refractivity contribution in [2.75, 3.05) is 23.8 Å². The van der Waals surface area contributed by atoms with Gasteiger partial charge in [0, 0.05) is 23.6 Å². The molecule has 0 aliphatic carbocycles. The molecule has 1 saturated heterocycles. The Kier molecular flexibility index (Phi) is 6.29. The zero-order chi connectivity index (χ0) is 21.8. The lowest BCUT2D eigenvalue weighted by molar-refractivity contribution is -0.111. The molecule has 4 rings (SSSR count). The standard InChI is InChI=1S/C22H20ClFN4O3/c1-2-3-21(29)28-19-9-15-18(10-20(19)31-14-6-7-30-11-14)25-12-26-22(15)27-13-4-5-17(24)16(23)8-13/h2-5,8-10,12,14H,6-7,11H2,1H3,(H,28,29)(H,25,26,27). The molecule has 1 fully saturated rings. The van der Waals surface area contributed by atoms with E-state index in [1.807, 2.05) is 0 Å². The maximum absolute atomic E-state index is 13.5. The monoisotopic (exact) mass is 442 g/mol. The summed E-state index contributed by atoms with van der Waals surface area (Å²) in [6, 6.07) is 7.80. The summed E-state index contributed by atoms with van der Waals surface area (Å²) in [7, 11) is 0. The lowest BCUT2D eigenvalue weighted by Crippen LogP contribution is -2.18. The summed E-state index contributed by atoms with van der Waals surface area (Å²) in [5.74, 6) is 0.178. The van der Waals surface area contributed by atoms with Crippen LogP contribution in [0.1, 0.15) is 13.3 Å². The third kappa shape index (κ3) is 4.92. The first-order valence-corrected chi connectivity index (χ1v) is 10.1. The van der Waals surface area contributed by atoms with Crippen molar-refractivity contribution in [2.45, 2.75) is 19.4 Å². The van der Waals surface area contributed by atoms with E-state index in [-0.39, 0.29) is 17.0 Å². The van der Waals surface area contributed by atoms with Crippen LogP contribution in [0.15, 0.2) is 48.8 Å². The van der Waals surface area contributed by atoms with Gasteiger partial charge >= 0.3 is 0 Å². The number of rotatable bonds is 6. The minimum Gasteiger partial charge on any atom is -0.486 e. The van der Waals surface area contributed by atoms with E-state index in [0.717, 1.165) is 6.42 Å². The zero-order valence-corrected chi connectivity index (χ0v) is 17.4. The van der Waals surface area contributed by atoms with Crippen molar-refractivity contribution < 1.29 is 18.7 Å². The molecule has 160 valence electrons. The van der Waals surface area contributed by atoms with Crippen LogP contribution in [0.5, 0.6) is 5.75 Å². The fraction of sp³-hybridized carbons (Fsp3) is 0.227. The molecule has 1 amide bonds. The smallest absolute Gasteiger partial charge is 0.248 e. The first kappa shape index (κ1) is 21.0. The summed E-state index contributed by atoms with van der Waals surface area (Å²) in [6.07, 6.45) is 5.15. The van der Waals surface area contributed by atoms with Gasteiger partial charge in [0.15, 0.2) is 0 Å². The molecule has 3 aromatic rings. The second-order valence-electron chi connectivity index (χ2n) is 6.93. The minimum atomic E-state index is -0.508. The van der Waals surface area contributed by atoms with Crippen LogP contribution in [0.4, 0.5) is 21.6 Å². The van der Waals surface area contributed by atoms with Gasteiger partial charge in [-0.25, -0.2) is 14.4 Å². The van der Waals surface area contributed by atoms with Crippen molar-refractivity contribution in [3.8, 4) is 5.75 Å². The number of fused-ring (bicyclic) bond motifs is 1. The molecule has 0 bridgehead atoms. The predicted molar refractivity (Wildman–Crippen MR) is 118 cm³/mol. The number of halogens is 2. The van der Waals surface area contributed by atoms with Crippen LogP contribution in [0, 0.1) is 5.82 Å². The highest BCUT2D eigenvalue weighted by molar-refractivity contribution is 6.31. The SMILES string of the molecule is CC=CC(=O)Nc1cc2c(Nc3ccc(F)c(Cl)c3)ncnc2cc1OC1CCOC1. The van der Waals surface area contributed by atoms with E-state index in [4.69, 9.17) is 21.1 Å². The fourth-order valence-electron chi connectivity index (χ4n) is 3.20. The van der Waals surface area contributed by atoms with E-state index < -0.39 is 5.82 Å². The lowest BCUT2D eigenvalue weighted by Gasteiger charge is -2.17. The Balaban J connectivity index is 1.74. The van der Waals surface area contributed by atoms with Gasteiger partial charge < -0.3 is 20.1 Å².